The fourth-order valence-electron chi connectivity index (χ4n) is 3.32. The second-order valence-corrected chi connectivity index (χ2v) is 7.71. The minimum Gasteiger partial charge on any atom is -0.309 e. The van der Waals surface area contributed by atoms with Crippen LogP contribution in [0.4, 0.5) is 0 Å². The summed E-state index contributed by atoms with van der Waals surface area (Å²) >= 11 is 1.67. The molecule has 2 aromatic heterocycles. The molecule has 0 unspecified atom stereocenters. The van der Waals surface area contributed by atoms with Crippen molar-refractivity contribution in [3.63, 3.8) is 0 Å². The van der Waals surface area contributed by atoms with Crippen molar-refractivity contribution in [3.05, 3.63) is 77.4 Å². The Morgan fingerprint density at radius 3 is 2.69 bits per heavy atom. The molecule has 2 aromatic carbocycles. The molecule has 0 saturated carbocycles. The van der Waals surface area contributed by atoms with E-state index in [9.17, 15) is 4.79 Å². The predicted octanol–water partition coefficient (Wildman–Crippen LogP) is 4.03. The van der Waals surface area contributed by atoms with Gasteiger partial charge in [-0.2, -0.15) is 0 Å². The molecule has 4 rings (SSSR count). The highest BCUT2D eigenvalue weighted by Gasteiger charge is 2.15. The number of hydrogen-bond donors (Lipinski definition) is 1. The molecule has 0 fully saturated rings. The van der Waals surface area contributed by atoms with Gasteiger partial charge < -0.3 is 9.55 Å². The third-order valence-electron chi connectivity index (χ3n) is 4.77. The van der Waals surface area contributed by atoms with Crippen molar-refractivity contribution in [1.29, 1.82) is 0 Å². The highest BCUT2D eigenvalue weighted by molar-refractivity contribution is 7.99. The number of thioether (sulfide) groups is 1. The molecular formula is C22H23N5OS. The first kappa shape index (κ1) is 19.4. The number of nitrogens with zero attached hydrogens (tertiary/aromatic N) is 4. The van der Waals surface area contributed by atoms with Crippen LogP contribution in [0, 0.1) is 0 Å². The number of benzene rings is 2. The van der Waals surface area contributed by atoms with Crippen LogP contribution in [0.25, 0.3) is 21.9 Å². The van der Waals surface area contributed by atoms with Crippen LogP contribution in [0.1, 0.15) is 12.7 Å². The van der Waals surface area contributed by atoms with E-state index in [0.29, 0.717) is 24.4 Å². The van der Waals surface area contributed by atoms with Gasteiger partial charge in [0.05, 0.1) is 35.1 Å². The molecule has 6 nitrogen and oxygen atoms in total. The fraction of sp³-hybridized carbons (Fsp3) is 0.227. The van der Waals surface area contributed by atoms with Crippen molar-refractivity contribution in [3.8, 4) is 0 Å². The minimum atomic E-state index is -0.100. The maximum atomic E-state index is 12.4. The zero-order chi connectivity index (χ0) is 20.2. The molecule has 29 heavy (non-hydrogen) atoms. The second kappa shape index (κ2) is 8.63. The molecule has 0 radical (unpaired) electrons. The van der Waals surface area contributed by atoms with E-state index in [-0.39, 0.29) is 5.56 Å². The zero-order valence-corrected chi connectivity index (χ0v) is 17.2. The average molecular weight is 406 g/mol. The molecule has 0 saturated heterocycles. The lowest BCUT2D eigenvalue weighted by Crippen LogP contribution is -2.28. The van der Waals surface area contributed by atoms with Gasteiger partial charge in [-0.1, -0.05) is 49.0 Å². The van der Waals surface area contributed by atoms with Gasteiger partial charge in [0.25, 0.3) is 5.56 Å². The van der Waals surface area contributed by atoms with Crippen molar-refractivity contribution in [2.75, 3.05) is 12.3 Å². The van der Waals surface area contributed by atoms with E-state index in [1.165, 1.54) is 0 Å². The lowest BCUT2D eigenvalue weighted by atomic mass is 10.2. The number of para-hydroxylation sites is 3. The maximum Gasteiger partial charge on any atom is 0.258 e. The van der Waals surface area contributed by atoms with Crippen LogP contribution >= 0.6 is 11.8 Å². The molecular weight excluding hydrogens is 382 g/mol. The first-order valence-corrected chi connectivity index (χ1v) is 10.6. The molecule has 0 atom stereocenters. The SMILES string of the molecule is C=CCSc1nc2ccccc2n1CN(CC)Cc1nc2ccccc2c(=O)[nH]1. The molecule has 4 aromatic rings. The summed E-state index contributed by atoms with van der Waals surface area (Å²) in [4.78, 5) is 27.0. The van der Waals surface area contributed by atoms with Crippen molar-refractivity contribution < 1.29 is 0 Å². The fourth-order valence-corrected chi connectivity index (χ4v) is 4.06. The largest absolute Gasteiger partial charge is 0.309 e. The third kappa shape index (κ3) is 4.11. The quantitative estimate of drug-likeness (QED) is 0.354. The van der Waals surface area contributed by atoms with Gasteiger partial charge in [0.2, 0.25) is 0 Å². The van der Waals surface area contributed by atoms with Gasteiger partial charge >= 0.3 is 0 Å². The molecule has 2 heterocycles. The van der Waals surface area contributed by atoms with Crippen LogP contribution in [0.3, 0.4) is 0 Å². The van der Waals surface area contributed by atoms with Crippen LogP contribution in [0.5, 0.6) is 0 Å². The lowest BCUT2D eigenvalue weighted by Gasteiger charge is -2.22. The van der Waals surface area contributed by atoms with Crippen LogP contribution in [-0.2, 0) is 13.2 Å². The Hall–Kier alpha value is -2.90. The zero-order valence-electron chi connectivity index (χ0n) is 16.3. The van der Waals surface area contributed by atoms with Gasteiger partial charge in [-0.3, -0.25) is 9.69 Å². The summed E-state index contributed by atoms with van der Waals surface area (Å²) < 4.78 is 2.21. The van der Waals surface area contributed by atoms with Crippen molar-refractivity contribution in [2.24, 2.45) is 0 Å². The van der Waals surface area contributed by atoms with E-state index in [0.717, 1.165) is 34.0 Å². The molecule has 0 amide bonds. The van der Waals surface area contributed by atoms with Gasteiger partial charge in [-0.05, 0) is 30.8 Å². The minimum absolute atomic E-state index is 0.100. The Kier molecular flexibility index (Phi) is 5.78. The Morgan fingerprint density at radius 1 is 1.14 bits per heavy atom. The molecule has 0 aliphatic carbocycles. The summed E-state index contributed by atoms with van der Waals surface area (Å²) in [7, 11) is 0. The molecule has 0 spiro atoms. The van der Waals surface area contributed by atoms with Crippen LogP contribution in [-0.4, -0.2) is 36.7 Å². The van der Waals surface area contributed by atoms with Crippen LogP contribution in [0.15, 0.2) is 71.1 Å². The maximum absolute atomic E-state index is 12.4. The third-order valence-corrected chi connectivity index (χ3v) is 5.75. The topological polar surface area (TPSA) is 66.8 Å². The summed E-state index contributed by atoms with van der Waals surface area (Å²) in [5.74, 6) is 1.47. The van der Waals surface area contributed by atoms with Crippen LogP contribution in [0.2, 0.25) is 0 Å². The van der Waals surface area contributed by atoms with Gasteiger partial charge in [0.1, 0.15) is 5.82 Å². The summed E-state index contributed by atoms with van der Waals surface area (Å²) in [5, 5.41) is 1.58. The smallest absolute Gasteiger partial charge is 0.258 e. The molecule has 0 aliphatic heterocycles. The number of aromatic nitrogens is 4. The van der Waals surface area contributed by atoms with Gasteiger partial charge in [0, 0.05) is 5.75 Å². The van der Waals surface area contributed by atoms with Gasteiger partial charge in [-0.15, -0.1) is 6.58 Å². The Labute approximate surface area is 173 Å². The normalized spacial score (nSPS) is 11.5. The predicted molar refractivity (Wildman–Crippen MR) is 119 cm³/mol. The number of imidazole rings is 1. The summed E-state index contributed by atoms with van der Waals surface area (Å²) in [5.41, 5.74) is 2.69. The van der Waals surface area contributed by atoms with E-state index < -0.39 is 0 Å². The Bertz CT molecular complexity index is 1210. The summed E-state index contributed by atoms with van der Waals surface area (Å²) in [6.45, 7) is 7.95. The lowest BCUT2D eigenvalue weighted by molar-refractivity contribution is 0.211. The Balaban J connectivity index is 1.64. The number of H-pyrrole nitrogens is 1. The standard InChI is InChI=1S/C22H23N5OS/c1-3-13-29-22-24-18-11-7-8-12-19(18)27(22)15-26(4-2)14-20-23-17-10-6-5-9-16(17)21(28)25-20/h3,5-12H,1,4,13-15H2,2H3,(H,23,25,28). The number of aromatic amines is 1. The number of hydrogen-bond acceptors (Lipinski definition) is 5. The summed E-state index contributed by atoms with van der Waals surface area (Å²) in [6.07, 6.45) is 1.88. The van der Waals surface area contributed by atoms with E-state index in [1.807, 2.05) is 42.5 Å². The van der Waals surface area contributed by atoms with Crippen molar-refractivity contribution in [2.45, 2.75) is 25.3 Å². The molecule has 148 valence electrons. The average Bonchev–Trinajstić information content (AvgIpc) is 3.09. The van der Waals surface area contributed by atoms with Crippen molar-refractivity contribution in [1.82, 2.24) is 24.4 Å². The highest BCUT2D eigenvalue weighted by atomic mass is 32.2. The monoisotopic (exact) mass is 405 g/mol. The Morgan fingerprint density at radius 2 is 1.90 bits per heavy atom. The van der Waals surface area contributed by atoms with Gasteiger partial charge in [0.15, 0.2) is 5.16 Å². The van der Waals surface area contributed by atoms with E-state index in [2.05, 4.69) is 39.0 Å². The first-order valence-electron chi connectivity index (χ1n) is 9.59. The summed E-state index contributed by atoms with van der Waals surface area (Å²) in [6, 6.07) is 15.6. The van der Waals surface area contributed by atoms with E-state index in [1.54, 1.807) is 17.8 Å². The first-order chi connectivity index (χ1) is 14.2. The molecule has 7 heteroatoms. The highest BCUT2D eigenvalue weighted by Crippen LogP contribution is 2.24. The van der Waals surface area contributed by atoms with E-state index in [4.69, 9.17) is 4.98 Å². The molecule has 0 bridgehead atoms. The van der Waals surface area contributed by atoms with Crippen molar-refractivity contribution >= 4 is 33.7 Å². The van der Waals surface area contributed by atoms with Gasteiger partial charge in [-0.25, -0.2) is 9.97 Å². The number of fused-ring (bicyclic) bond motifs is 2. The number of rotatable bonds is 8. The molecule has 1 N–H and O–H groups in total. The second-order valence-electron chi connectivity index (χ2n) is 6.73. The number of nitrogens with one attached hydrogen (secondary N) is 1. The molecule has 0 aliphatic rings. The van der Waals surface area contributed by atoms with E-state index >= 15 is 0 Å². The van der Waals surface area contributed by atoms with Crippen LogP contribution < -0.4 is 5.56 Å².